The number of benzene rings is 3. The van der Waals surface area contributed by atoms with E-state index in [0.29, 0.717) is 24.5 Å². The SMILES string of the molecule is CCOc1ccc(S(=O)(=O)N(CC(=O)N(CCc2ccccc2)[C@H](C)C(=O)NC(C)C)c2ccccc2)cc1. The van der Waals surface area contributed by atoms with Crippen LogP contribution in [0.4, 0.5) is 5.69 Å². The van der Waals surface area contributed by atoms with Crippen LogP contribution in [0.25, 0.3) is 0 Å². The van der Waals surface area contributed by atoms with Gasteiger partial charge in [-0.1, -0.05) is 48.5 Å². The maximum absolute atomic E-state index is 13.8. The van der Waals surface area contributed by atoms with Gasteiger partial charge in [0.05, 0.1) is 17.2 Å². The summed E-state index contributed by atoms with van der Waals surface area (Å²) in [5.74, 6) is -0.224. The maximum Gasteiger partial charge on any atom is 0.264 e. The van der Waals surface area contributed by atoms with Crippen molar-refractivity contribution >= 4 is 27.5 Å². The van der Waals surface area contributed by atoms with Gasteiger partial charge >= 0.3 is 0 Å². The molecule has 2 amide bonds. The Morgan fingerprint density at radius 3 is 2.03 bits per heavy atom. The fourth-order valence-electron chi connectivity index (χ4n) is 4.10. The molecule has 8 nitrogen and oxygen atoms in total. The zero-order valence-electron chi connectivity index (χ0n) is 22.9. The third-order valence-electron chi connectivity index (χ3n) is 6.13. The second-order valence-electron chi connectivity index (χ2n) is 9.41. The molecule has 0 saturated carbocycles. The molecule has 0 unspecified atom stereocenters. The van der Waals surface area contributed by atoms with E-state index in [0.717, 1.165) is 9.87 Å². The number of sulfonamides is 1. The summed E-state index contributed by atoms with van der Waals surface area (Å²) in [6.07, 6.45) is 0.517. The molecule has 1 N–H and O–H groups in total. The fourth-order valence-corrected chi connectivity index (χ4v) is 5.51. The molecule has 208 valence electrons. The predicted molar refractivity (Wildman–Crippen MR) is 153 cm³/mol. The van der Waals surface area contributed by atoms with E-state index < -0.39 is 28.5 Å². The predicted octanol–water partition coefficient (Wildman–Crippen LogP) is 4.27. The molecule has 0 aliphatic rings. The largest absolute Gasteiger partial charge is 0.494 e. The van der Waals surface area contributed by atoms with Crippen molar-refractivity contribution in [1.82, 2.24) is 10.2 Å². The minimum absolute atomic E-state index is 0.0315. The van der Waals surface area contributed by atoms with Crippen LogP contribution in [0.3, 0.4) is 0 Å². The van der Waals surface area contributed by atoms with E-state index in [1.54, 1.807) is 49.4 Å². The minimum Gasteiger partial charge on any atom is -0.494 e. The second kappa shape index (κ2) is 13.8. The summed E-state index contributed by atoms with van der Waals surface area (Å²) in [7, 11) is -4.12. The zero-order valence-corrected chi connectivity index (χ0v) is 23.7. The highest BCUT2D eigenvalue weighted by Gasteiger charge is 2.32. The molecule has 3 aromatic carbocycles. The Hall–Kier alpha value is -3.85. The van der Waals surface area contributed by atoms with E-state index in [1.807, 2.05) is 51.1 Å². The minimum atomic E-state index is -4.12. The van der Waals surface area contributed by atoms with Crippen molar-refractivity contribution in [3.8, 4) is 5.75 Å². The van der Waals surface area contributed by atoms with Gasteiger partial charge in [0.2, 0.25) is 11.8 Å². The standard InChI is InChI=1S/C30H37N3O5S/c1-5-38-27-16-18-28(19-17-27)39(36,37)33(26-14-10-7-11-15-26)22-29(34)32(24(4)30(35)31-23(2)3)21-20-25-12-8-6-9-13-25/h6-19,23-24H,5,20-22H2,1-4H3,(H,31,35)/t24-/m1/s1. The first kappa shape index (κ1) is 29.7. The van der Waals surface area contributed by atoms with Crippen LogP contribution in [0.1, 0.15) is 33.3 Å². The van der Waals surface area contributed by atoms with Gasteiger partial charge in [0, 0.05) is 12.6 Å². The summed E-state index contributed by atoms with van der Waals surface area (Å²) in [5.41, 5.74) is 1.36. The van der Waals surface area contributed by atoms with Crippen molar-refractivity contribution in [3.63, 3.8) is 0 Å². The normalized spacial score (nSPS) is 12.0. The molecule has 0 radical (unpaired) electrons. The van der Waals surface area contributed by atoms with Crippen LogP contribution in [0.5, 0.6) is 5.75 Å². The number of nitrogens with one attached hydrogen (secondary N) is 1. The molecule has 3 aromatic rings. The molecule has 0 aliphatic carbocycles. The Morgan fingerprint density at radius 2 is 1.46 bits per heavy atom. The molecule has 0 aliphatic heterocycles. The molecule has 9 heteroatoms. The van der Waals surface area contributed by atoms with Crippen LogP contribution in [-0.2, 0) is 26.0 Å². The Kier molecular flexibility index (Phi) is 10.5. The van der Waals surface area contributed by atoms with Crippen molar-refractivity contribution in [2.45, 2.75) is 51.1 Å². The molecule has 1 atom stereocenters. The van der Waals surface area contributed by atoms with Crippen molar-refractivity contribution in [2.75, 3.05) is 24.0 Å². The van der Waals surface area contributed by atoms with E-state index in [1.165, 1.54) is 17.0 Å². The lowest BCUT2D eigenvalue weighted by atomic mass is 10.1. The smallest absolute Gasteiger partial charge is 0.264 e. The summed E-state index contributed by atoms with van der Waals surface area (Å²) in [4.78, 5) is 28.2. The first-order chi connectivity index (χ1) is 18.6. The van der Waals surface area contributed by atoms with Crippen molar-refractivity contribution < 1.29 is 22.7 Å². The molecular formula is C30H37N3O5S. The van der Waals surface area contributed by atoms with E-state index in [2.05, 4.69) is 5.32 Å². The van der Waals surface area contributed by atoms with E-state index in [9.17, 15) is 18.0 Å². The average Bonchev–Trinajstić information content (AvgIpc) is 2.92. The lowest BCUT2D eigenvalue weighted by Gasteiger charge is -2.32. The van der Waals surface area contributed by atoms with Gasteiger partial charge < -0.3 is 15.0 Å². The highest BCUT2D eigenvalue weighted by atomic mass is 32.2. The Bertz CT molecular complexity index is 1310. The Balaban J connectivity index is 1.94. The molecule has 0 saturated heterocycles. The highest BCUT2D eigenvalue weighted by Crippen LogP contribution is 2.25. The number of carbonyl (C=O) groups is 2. The number of carbonyl (C=O) groups excluding carboxylic acids is 2. The first-order valence-corrected chi connectivity index (χ1v) is 14.5. The van der Waals surface area contributed by atoms with Crippen molar-refractivity contribution in [2.24, 2.45) is 0 Å². The van der Waals surface area contributed by atoms with Crippen molar-refractivity contribution in [1.29, 1.82) is 0 Å². The monoisotopic (exact) mass is 551 g/mol. The summed E-state index contributed by atoms with van der Waals surface area (Å²) in [6.45, 7) is 7.45. The van der Waals surface area contributed by atoms with Gasteiger partial charge in [0.1, 0.15) is 18.3 Å². The second-order valence-corrected chi connectivity index (χ2v) is 11.3. The van der Waals surface area contributed by atoms with E-state index in [-0.39, 0.29) is 23.4 Å². The number of rotatable bonds is 13. The van der Waals surface area contributed by atoms with Gasteiger partial charge in [0.15, 0.2) is 0 Å². The van der Waals surface area contributed by atoms with Gasteiger partial charge in [-0.3, -0.25) is 13.9 Å². The van der Waals surface area contributed by atoms with Crippen LogP contribution < -0.4 is 14.4 Å². The number of nitrogens with zero attached hydrogens (tertiary/aromatic N) is 2. The highest BCUT2D eigenvalue weighted by molar-refractivity contribution is 7.92. The molecule has 0 fully saturated rings. The van der Waals surface area contributed by atoms with E-state index >= 15 is 0 Å². The fraction of sp³-hybridized carbons (Fsp3) is 0.333. The van der Waals surface area contributed by atoms with E-state index in [4.69, 9.17) is 4.74 Å². The number of hydrogen-bond acceptors (Lipinski definition) is 5. The zero-order chi connectivity index (χ0) is 28.4. The van der Waals surface area contributed by atoms with Gasteiger partial charge in [-0.05, 0) is 76.1 Å². The summed E-state index contributed by atoms with van der Waals surface area (Å²) in [6, 6.07) is 23.3. The van der Waals surface area contributed by atoms with Crippen LogP contribution in [0.15, 0.2) is 89.8 Å². The molecular weight excluding hydrogens is 514 g/mol. The van der Waals surface area contributed by atoms with Gasteiger partial charge in [0.25, 0.3) is 10.0 Å². The average molecular weight is 552 g/mol. The molecule has 3 rings (SSSR count). The Labute approximate surface area is 231 Å². The Morgan fingerprint density at radius 1 is 0.872 bits per heavy atom. The van der Waals surface area contributed by atoms with Crippen LogP contribution in [0.2, 0.25) is 0 Å². The third-order valence-corrected chi connectivity index (χ3v) is 7.92. The third kappa shape index (κ3) is 8.07. The number of hydrogen-bond donors (Lipinski definition) is 1. The number of anilines is 1. The lowest BCUT2D eigenvalue weighted by molar-refractivity contribution is -0.139. The van der Waals surface area contributed by atoms with Crippen LogP contribution in [-0.4, -0.2) is 56.9 Å². The van der Waals surface area contributed by atoms with Crippen LogP contribution in [0, 0.1) is 0 Å². The van der Waals surface area contributed by atoms with Gasteiger partial charge in [-0.25, -0.2) is 8.42 Å². The van der Waals surface area contributed by atoms with Gasteiger partial charge in [-0.15, -0.1) is 0 Å². The first-order valence-electron chi connectivity index (χ1n) is 13.1. The quantitative estimate of drug-likeness (QED) is 0.342. The summed E-state index contributed by atoms with van der Waals surface area (Å²) < 4.78 is 34.2. The number of ether oxygens (including phenoxy) is 1. The molecule has 0 bridgehead atoms. The summed E-state index contributed by atoms with van der Waals surface area (Å²) in [5, 5.41) is 2.86. The molecule has 0 spiro atoms. The molecule has 0 heterocycles. The topological polar surface area (TPSA) is 96.0 Å². The number of amides is 2. The lowest BCUT2D eigenvalue weighted by Crippen LogP contribution is -2.53. The molecule has 39 heavy (non-hydrogen) atoms. The molecule has 0 aromatic heterocycles. The number of para-hydroxylation sites is 1. The maximum atomic E-state index is 13.8. The van der Waals surface area contributed by atoms with Crippen molar-refractivity contribution in [3.05, 3.63) is 90.5 Å². The van der Waals surface area contributed by atoms with Gasteiger partial charge in [-0.2, -0.15) is 0 Å². The summed E-state index contributed by atoms with van der Waals surface area (Å²) >= 11 is 0. The van der Waals surface area contributed by atoms with Crippen LogP contribution >= 0.6 is 0 Å².